The number of hydrogen-bond donors (Lipinski definition) is 2. The summed E-state index contributed by atoms with van der Waals surface area (Å²) in [6, 6.07) is 20.5. The third-order valence-corrected chi connectivity index (χ3v) is 5.07. The van der Waals surface area contributed by atoms with E-state index >= 15 is 0 Å². The van der Waals surface area contributed by atoms with Crippen LogP contribution in [0.1, 0.15) is 5.56 Å². The molecule has 0 saturated heterocycles. The van der Waals surface area contributed by atoms with Crippen molar-refractivity contribution in [3.05, 3.63) is 87.9 Å². The lowest BCUT2D eigenvalue weighted by atomic mass is 10.1. The number of nitriles is 1. The van der Waals surface area contributed by atoms with E-state index in [1.165, 1.54) is 19.3 Å². The van der Waals surface area contributed by atoms with Gasteiger partial charge in [0.15, 0.2) is 18.1 Å². The van der Waals surface area contributed by atoms with Crippen molar-refractivity contribution < 1.29 is 19.1 Å². The van der Waals surface area contributed by atoms with Gasteiger partial charge in [0.1, 0.15) is 11.6 Å². The maximum absolute atomic E-state index is 12.5. The van der Waals surface area contributed by atoms with Crippen LogP contribution in [0.3, 0.4) is 0 Å². The van der Waals surface area contributed by atoms with Gasteiger partial charge in [-0.25, -0.2) is 0 Å². The van der Waals surface area contributed by atoms with Crippen molar-refractivity contribution in [1.29, 1.82) is 5.26 Å². The maximum Gasteiger partial charge on any atom is 0.266 e. The zero-order valence-corrected chi connectivity index (χ0v) is 19.5. The Balaban J connectivity index is 1.74. The van der Waals surface area contributed by atoms with Crippen LogP contribution in [-0.4, -0.2) is 25.5 Å². The molecular formula is C25H19Cl2N3O4. The molecule has 0 atom stereocenters. The molecule has 0 radical (unpaired) electrons. The first-order valence-electron chi connectivity index (χ1n) is 9.94. The number of rotatable bonds is 8. The van der Waals surface area contributed by atoms with Gasteiger partial charge in [-0.15, -0.1) is 0 Å². The summed E-state index contributed by atoms with van der Waals surface area (Å²) in [6.07, 6.45) is 1.38. The fraction of sp³-hybridized carbons (Fsp3) is 0.0800. The highest BCUT2D eigenvalue weighted by Crippen LogP contribution is 2.37. The van der Waals surface area contributed by atoms with Crippen LogP contribution < -0.4 is 20.1 Å². The number of carbonyl (C=O) groups excluding carboxylic acids is 2. The molecule has 3 aromatic rings. The number of methoxy groups -OCH3 is 1. The molecule has 0 fully saturated rings. The fourth-order valence-corrected chi connectivity index (χ4v) is 3.34. The van der Waals surface area contributed by atoms with Crippen LogP contribution >= 0.6 is 23.2 Å². The van der Waals surface area contributed by atoms with Crippen molar-refractivity contribution in [2.24, 2.45) is 0 Å². The van der Waals surface area contributed by atoms with Crippen molar-refractivity contribution in [3.8, 4) is 17.6 Å². The zero-order valence-electron chi connectivity index (χ0n) is 18.0. The SMILES string of the molecule is COc1cc(/C=C(\C#N)C(=O)Nc2ccccc2)cc(Cl)c1OCC(=O)Nc1ccccc1Cl. The second-order valence-corrected chi connectivity index (χ2v) is 7.66. The minimum Gasteiger partial charge on any atom is -0.493 e. The summed E-state index contributed by atoms with van der Waals surface area (Å²) < 4.78 is 10.9. The van der Waals surface area contributed by atoms with Gasteiger partial charge in [-0.2, -0.15) is 5.26 Å². The number of amides is 2. The second kappa shape index (κ2) is 11.8. The molecule has 0 spiro atoms. The number of ether oxygens (including phenoxy) is 2. The van der Waals surface area contributed by atoms with Gasteiger partial charge in [0.05, 0.1) is 22.8 Å². The average Bonchev–Trinajstić information content (AvgIpc) is 2.83. The molecule has 7 nitrogen and oxygen atoms in total. The van der Waals surface area contributed by atoms with E-state index in [1.807, 2.05) is 12.1 Å². The van der Waals surface area contributed by atoms with E-state index in [4.69, 9.17) is 32.7 Å². The Morgan fingerprint density at radius 2 is 1.71 bits per heavy atom. The van der Waals surface area contributed by atoms with Gasteiger partial charge in [0.2, 0.25) is 0 Å². The van der Waals surface area contributed by atoms with Crippen molar-refractivity contribution in [3.63, 3.8) is 0 Å². The number of nitrogens with zero attached hydrogens (tertiary/aromatic N) is 1. The number of halogens is 2. The standard InChI is InChI=1S/C25H19Cl2N3O4/c1-33-22-13-16(11-17(14-28)25(32)29-18-7-3-2-4-8-18)12-20(27)24(22)34-15-23(31)30-21-10-6-5-9-19(21)26/h2-13H,15H2,1H3,(H,29,32)(H,30,31)/b17-11+. The summed E-state index contributed by atoms with van der Waals surface area (Å²) in [5.74, 6) is -0.646. The molecule has 2 amide bonds. The van der Waals surface area contributed by atoms with Crippen LogP contribution in [0, 0.1) is 11.3 Å². The fourth-order valence-electron chi connectivity index (χ4n) is 2.88. The van der Waals surface area contributed by atoms with Crippen LogP contribution in [0.5, 0.6) is 11.5 Å². The number of anilines is 2. The van der Waals surface area contributed by atoms with Crippen LogP contribution in [0.4, 0.5) is 11.4 Å². The molecule has 2 N–H and O–H groups in total. The van der Waals surface area contributed by atoms with E-state index in [1.54, 1.807) is 54.6 Å². The monoisotopic (exact) mass is 495 g/mol. The van der Waals surface area contributed by atoms with Crippen LogP contribution in [0.25, 0.3) is 6.08 Å². The molecule has 3 rings (SSSR count). The van der Waals surface area contributed by atoms with Gasteiger partial charge in [-0.1, -0.05) is 53.5 Å². The van der Waals surface area contributed by atoms with Gasteiger partial charge >= 0.3 is 0 Å². The molecule has 0 heterocycles. The summed E-state index contributed by atoms with van der Waals surface area (Å²) in [4.78, 5) is 24.7. The number of hydrogen-bond acceptors (Lipinski definition) is 5. The van der Waals surface area contributed by atoms with Gasteiger partial charge in [-0.3, -0.25) is 9.59 Å². The Bertz CT molecular complexity index is 1270. The molecule has 0 bridgehead atoms. The molecule has 0 unspecified atom stereocenters. The number of benzene rings is 3. The first-order chi connectivity index (χ1) is 16.4. The highest BCUT2D eigenvalue weighted by molar-refractivity contribution is 6.33. The molecular weight excluding hydrogens is 477 g/mol. The summed E-state index contributed by atoms with van der Waals surface area (Å²) in [5, 5.41) is 15.3. The van der Waals surface area contributed by atoms with Crippen molar-refractivity contribution in [2.75, 3.05) is 24.4 Å². The highest BCUT2D eigenvalue weighted by atomic mass is 35.5. The van der Waals surface area contributed by atoms with Crippen molar-refractivity contribution >= 4 is 52.5 Å². The quantitative estimate of drug-likeness (QED) is 0.314. The average molecular weight is 496 g/mol. The topological polar surface area (TPSA) is 100 Å². The normalized spacial score (nSPS) is 10.7. The maximum atomic E-state index is 12.5. The summed E-state index contributed by atoms with van der Waals surface area (Å²) in [5.41, 5.74) is 1.32. The lowest BCUT2D eigenvalue weighted by molar-refractivity contribution is -0.118. The van der Waals surface area contributed by atoms with Gasteiger partial charge in [0, 0.05) is 5.69 Å². The van der Waals surface area contributed by atoms with Crippen LogP contribution in [0.15, 0.2) is 72.3 Å². The molecule has 172 valence electrons. The van der Waals surface area contributed by atoms with E-state index in [0.29, 0.717) is 22.0 Å². The van der Waals surface area contributed by atoms with E-state index < -0.39 is 11.8 Å². The van der Waals surface area contributed by atoms with Gasteiger partial charge < -0.3 is 20.1 Å². The minimum absolute atomic E-state index is 0.130. The van der Waals surface area contributed by atoms with Crippen LogP contribution in [0.2, 0.25) is 10.0 Å². The first-order valence-corrected chi connectivity index (χ1v) is 10.7. The molecule has 34 heavy (non-hydrogen) atoms. The number of para-hydroxylation sites is 2. The largest absolute Gasteiger partial charge is 0.493 e. The summed E-state index contributed by atoms with van der Waals surface area (Å²) in [6.45, 7) is -0.348. The predicted molar refractivity (Wildman–Crippen MR) is 132 cm³/mol. The van der Waals surface area contributed by atoms with E-state index in [9.17, 15) is 14.9 Å². The third-order valence-electron chi connectivity index (χ3n) is 4.46. The number of nitrogens with one attached hydrogen (secondary N) is 2. The third kappa shape index (κ3) is 6.51. The molecule has 0 saturated carbocycles. The Morgan fingerprint density at radius 3 is 2.38 bits per heavy atom. The Labute approximate surface area is 206 Å². The van der Waals surface area contributed by atoms with E-state index in [2.05, 4.69) is 10.6 Å². The molecule has 0 aliphatic rings. The van der Waals surface area contributed by atoms with Crippen LogP contribution in [-0.2, 0) is 9.59 Å². The Kier molecular flexibility index (Phi) is 8.52. The lowest BCUT2D eigenvalue weighted by Crippen LogP contribution is -2.20. The molecule has 3 aromatic carbocycles. The van der Waals surface area contributed by atoms with Gasteiger partial charge in [0.25, 0.3) is 11.8 Å². The predicted octanol–water partition coefficient (Wildman–Crippen LogP) is 5.57. The summed E-state index contributed by atoms with van der Waals surface area (Å²) in [7, 11) is 1.41. The van der Waals surface area contributed by atoms with Crippen molar-refractivity contribution in [2.45, 2.75) is 0 Å². The lowest BCUT2D eigenvalue weighted by Gasteiger charge is -2.14. The van der Waals surface area contributed by atoms with E-state index in [0.717, 1.165) is 0 Å². The minimum atomic E-state index is -0.569. The van der Waals surface area contributed by atoms with Gasteiger partial charge in [-0.05, 0) is 48.0 Å². The van der Waals surface area contributed by atoms with Crippen molar-refractivity contribution in [1.82, 2.24) is 0 Å². The Hall–Kier alpha value is -3.99. The highest BCUT2D eigenvalue weighted by Gasteiger charge is 2.16. The summed E-state index contributed by atoms with van der Waals surface area (Å²) >= 11 is 12.4. The molecule has 9 heteroatoms. The second-order valence-electron chi connectivity index (χ2n) is 6.84. The smallest absolute Gasteiger partial charge is 0.266 e. The first kappa shape index (κ1) is 24.6. The zero-order chi connectivity index (χ0) is 24.5. The number of carbonyl (C=O) groups is 2. The Morgan fingerprint density at radius 1 is 1.00 bits per heavy atom. The van der Waals surface area contributed by atoms with E-state index in [-0.39, 0.29) is 28.7 Å². The molecule has 0 aliphatic heterocycles. The molecule has 0 aliphatic carbocycles. The molecule has 0 aromatic heterocycles.